The summed E-state index contributed by atoms with van der Waals surface area (Å²) in [4.78, 5) is 4.51. The number of hydrogen-bond donors (Lipinski definition) is 2. The molecule has 0 aliphatic carbocycles. The molecule has 8 heteroatoms. The van der Waals surface area contributed by atoms with Gasteiger partial charge in [0, 0.05) is 33.2 Å². The molecule has 1 rings (SSSR count). The Morgan fingerprint density at radius 2 is 1.77 bits per heavy atom. The van der Waals surface area contributed by atoms with Crippen molar-refractivity contribution in [3.8, 4) is 0 Å². The predicted molar refractivity (Wildman–Crippen MR) is 120 cm³/mol. The number of guanidine groups is 1. The SMILES string of the molecule is CCCCCNC(=NC)NCc1ccc(S(=O)(=O)N(C)C(C)C)cc1.I. The van der Waals surface area contributed by atoms with E-state index in [0.717, 1.165) is 24.5 Å². The van der Waals surface area contributed by atoms with Crippen molar-refractivity contribution in [3.05, 3.63) is 29.8 Å². The van der Waals surface area contributed by atoms with Gasteiger partial charge in [-0.15, -0.1) is 24.0 Å². The van der Waals surface area contributed by atoms with Crippen LogP contribution in [0.25, 0.3) is 0 Å². The van der Waals surface area contributed by atoms with Gasteiger partial charge < -0.3 is 10.6 Å². The Bertz CT molecular complexity index is 646. The minimum atomic E-state index is -3.43. The molecule has 0 fully saturated rings. The summed E-state index contributed by atoms with van der Waals surface area (Å²) in [5, 5.41) is 6.51. The highest BCUT2D eigenvalue weighted by Gasteiger charge is 2.22. The van der Waals surface area contributed by atoms with Crippen molar-refractivity contribution in [2.75, 3.05) is 20.6 Å². The maximum Gasteiger partial charge on any atom is 0.243 e. The lowest BCUT2D eigenvalue weighted by atomic mass is 10.2. The molecule has 26 heavy (non-hydrogen) atoms. The molecule has 0 aliphatic heterocycles. The van der Waals surface area contributed by atoms with Gasteiger partial charge in [-0.3, -0.25) is 4.99 Å². The van der Waals surface area contributed by atoms with Gasteiger partial charge >= 0.3 is 0 Å². The summed E-state index contributed by atoms with van der Waals surface area (Å²) in [6.45, 7) is 7.37. The second-order valence-electron chi connectivity index (χ2n) is 6.32. The zero-order valence-electron chi connectivity index (χ0n) is 16.4. The summed E-state index contributed by atoms with van der Waals surface area (Å²) in [5.41, 5.74) is 1.00. The van der Waals surface area contributed by atoms with Crippen LogP contribution < -0.4 is 10.6 Å². The van der Waals surface area contributed by atoms with Gasteiger partial charge in [-0.25, -0.2) is 8.42 Å². The van der Waals surface area contributed by atoms with E-state index in [1.165, 1.54) is 17.1 Å². The summed E-state index contributed by atoms with van der Waals surface area (Å²) in [6.07, 6.45) is 3.51. The Kier molecular flexibility index (Phi) is 12.1. The standard InChI is InChI=1S/C18H32N4O2S.HI/c1-6-7-8-13-20-18(19-4)21-14-16-9-11-17(12-10-16)25(23,24)22(5)15(2)3;/h9-12,15H,6-8,13-14H2,1-5H3,(H2,19,20,21);1H. The van der Waals surface area contributed by atoms with E-state index < -0.39 is 10.0 Å². The highest BCUT2D eigenvalue weighted by atomic mass is 127. The Balaban J connectivity index is 0.00000625. The van der Waals surface area contributed by atoms with Crippen LogP contribution in [0.15, 0.2) is 34.2 Å². The molecule has 0 unspecified atom stereocenters. The van der Waals surface area contributed by atoms with E-state index in [2.05, 4.69) is 22.5 Å². The van der Waals surface area contributed by atoms with Crippen molar-refractivity contribution < 1.29 is 8.42 Å². The van der Waals surface area contributed by atoms with E-state index in [-0.39, 0.29) is 30.0 Å². The molecule has 0 spiro atoms. The molecule has 0 saturated carbocycles. The van der Waals surface area contributed by atoms with E-state index in [9.17, 15) is 8.42 Å². The zero-order chi connectivity index (χ0) is 18.9. The number of nitrogens with zero attached hydrogens (tertiary/aromatic N) is 2. The second-order valence-corrected chi connectivity index (χ2v) is 8.32. The number of aliphatic imine (C=N–C) groups is 1. The molecular formula is C18H33IN4O2S. The zero-order valence-corrected chi connectivity index (χ0v) is 19.6. The first-order valence-electron chi connectivity index (χ1n) is 8.84. The van der Waals surface area contributed by atoms with Crippen LogP contribution in [-0.4, -0.2) is 45.4 Å². The lowest BCUT2D eigenvalue weighted by Gasteiger charge is -2.21. The number of benzene rings is 1. The summed E-state index contributed by atoms with van der Waals surface area (Å²) in [7, 11) is -0.0881. The number of rotatable bonds is 9. The smallest absolute Gasteiger partial charge is 0.243 e. The maximum atomic E-state index is 12.4. The molecule has 0 saturated heterocycles. The Morgan fingerprint density at radius 3 is 2.27 bits per heavy atom. The molecular weight excluding hydrogens is 463 g/mol. The average molecular weight is 496 g/mol. The number of hydrogen-bond acceptors (Lipinski definition) is 3. The molecule has 1 aromatic rings. The van der Waals surface area contributed by atoms with Crippen molar-refractivity contribution in [2.24, 2.45) is 4.99 Å². The van der Waals surface area contributed by atoms with Crippen LogP contribution in [0.3, 0.4) is 0 Å². The van der Waals surface area contributed by atoms with Gasteiger partial charge in [-0.1, -0.05) is 31.9 Å². The molecule has 2 N–H and O–H groups in total. The molecule has 0 radical (unpaired) electrons. The van der Waals surface area contributed by atoms with Crippen molar-refractivity contribution in [1.29, 1.82) is 0 Å². The molecule has 0 heterocycles. The van der Waals surface area contributed by atoms with Gasteiger partial charge in [-0.05, 0) is 38.0 Å². The third-order valence-corrected chi connectivity index (χ3v) is 6.13. The minimum absolute atomic E-state index is 0. The highest BCUT2D eigenvalue weighted by molar-refractivity contribution is 14.0. The lowest BCUT2D eigenvalue weighted by molar-refractivity contribution is 0.410. The van der Waals surface area contributed by atoms with Crippen molar-refractivity contribution in [2.45, 2.75) is 57.5 Å². The van der Waals surface area contributed by atoms with Gasteiger partial charge in [0.2, 0.25) is 10.0 Å². The predicted octanol–water partition coefficient (Wildman–Crippen LogP) is 3.19. The molecule has 150 valence electrons. The van der Waals surface area contributed by atoms with Crippen LogP contribution in [0.1, 0.15) is 45.6 Å². The average Bonchev–Trinajstić information content (AvgIpc) is 2.60. The Morgan fingerprint density at radius 1 is 1.15 bits per heavy atom. The fourth-order valence-corrected chi connectivity index (χ4v) is 3.58. The molecule has 0 aromatic heterocycles. The topological polar surface area (TPSA) is 73.8 Å². The van der Waals surface area contributed by atoms with Crippen molar-refractivity contribution >= 4 is 40.0 Å². The van der Waals surface area contributed by atoms with Crippen LogP contribution >= 0.6 is 24.0 Å². The minimum Gasteiger partial charge on any atom is -0.356 e. The lowest BCUT2D eigenvalue weighted by Crippen LogP contribution is -2.37. The molecule has 1 aromatic carbocycles. The molecule has 0 atom stereocenters. The van der Waals surface area contributed by atoms with Gasteiger partial charge in [0.05, 0.1) is 4.90 Å². The number of nitrogens with one attached hydrogen (secondary N) is 2. The Labute approximate surface area is 175 Å². The highest BCUT2D eigenvalue weighted by Crippen LogP contribution is 2.17. The van der Waals surface area contributed by atoms with Gasteiger partial charge in [0.15, 0.2) is 5.96 Å². The van der Waals surface area contributed by atoms with Crippen LogP contribution in [0.4, 0.5) is 0 Å². The van der Waals surface area contributed by atoms with E-state index in [1.807, 2.05) is 26.0 Å². The Hall–Kier alpha value is -0.870. The van der Waals surface area contributed by atoms with E-state index in [1.54, 1.807) is 26.2 Å². The third-order valence-electron chi connectivity index (χ3n) is 4.08. The maximum absolute atomic E-state index is 12.4. The van der Waals surface area contributed by atoms with Gasteiger partial charge in [0.25, 0.3) is 0 Å². The molecule has 0 amide bonds. The van der Waals surface area contributed by atoms with Crippen molar-refractivity contribution in [1.82, 2.24) is 14.9 Å². The normalized spacial score (nSPS) is 12.2. The van der Waals surface area contributed by atoms with E-state index >= 15 is 0 Å². The molecule has 6 nitrogen and oxygen atoms in total. The first-order valence-corrected chi connectivity index (χ1v) is 10.3. The number of sulfonamides is 1. The largest absolute Gasteiger partial charge is 0.356 e. The summed E-state index contributed by atoms with van der Waals surface area (Å²) in [6, 6.07) is 6.90. The number of unbranched alkanes of at least 4 members (excludes halogenated alkanes) is 2. The second kappa shape index (κ2) is 12.5. The fourth-order valence-electron chi connectivity index (χ4n) is 2.21. The summed E-state index contributed by atoms with van der Waals surface area (Å²) in [5.74, 6) is 0.757. The van der Waals surface area contributed by atoms with Crippen LogP contribution in [0.5, 0.6) is 0 Å². The fraction of sp³-hybridized carbons (Fsp3) is 0.611. The van der Waals surface area contributed by atoms with Gasteiger partial charge in [0.1, 0.15) is 0 Å². The van der Waals surface area contributed by atoms with E-state index in [4.69, 9.17) is 0 Å². The summed E-state index contributed by atoms with van der Waals surface area (Å²) < 4.78 is 26.3. The van der Waals surface area contributed by atoms with Crippen LogP contribution in [0, 0.1) is 0 Å². The molecule has 0 bridgehead atoms. The number of halogens is 1. The van der Waals surface area contributed by atoms with Crippen LogP contribution in [0.2, 0.25) is 0 Å². The van der Waals surface area contributed by atoms with Crippen molar-refractivity contribution in [3.63, 3.8) is 0 Å². The quantitative estimate of drug-likeness (QED) is 0.239. The monoisotopic (exact) mass is 496 g/mol. The third kappa shape index (κ3) is 7.79. The molecule has 0 aliphatic rings. The first-order chi connectivity index (χ1) is 11.8. The van der Waals surface area contributed by atoms with Crippen LogP contribution in [-0.2, 0) is 16.6 Å². The summed E-state index contributed by atoms with van der Waals surface area (Å²) >= 11 is 0. The van der Waals surface area contributed by atoms with E-state index in [0.29, 0.717) is 11.4 Å². The first kappa shape index (κ1) is 25.1. The van der Waals surface area contributed by atoms with Gasteiger partial charge in [-0.2, -0.15) is 4.31 Å².